The van der Waals surface area contributed by atoms with Gasteiger partial charge in [-0.05, 0) is 24.6 Å². The molecule has 0 bridgehead atoms. The number of unbranched alkanes of at least 4 members (excludes halogenated alkanes) is 1. The third-order valence-electron chi connectivity index (χ3n) is 3.01. The molecule has 1 aromatic carbocycles. The minimum absolute atomic E-state index is 0.219. The van der Waals surface area contributed by atoms with Gasteiger partial charge >= 0.3 is 0 Å². The third-order valence-corrected chi connectivity index (χ3v) is 4.82. The summed E-state index contributed by atoms with van der Waals surface area (Å²) in [6.45, 7) is 3.99. The van der Waals surface area contributed by atoms with Gasteiger partial charge in [0, 0.05) is 27.2 Å². The Kier molecular flexibility index (Phi) is 6.94. The van der Waals surface area contributed by atoms with Crippen LogP contribution in [0.5, 0.6) is 0 Å². The molecule has 3 N–H and O–H groups in total. The number of nitrogens with one attached hydrogen (secondary N) is 1. The van der Waals surface area contributed by atoms with Crippen LogP contribution in [0.4, 0.5) is 11.4 Å². The van der Waals surface area contributed by atoms with Crippen molar-refractivity contribution < 1.29 is 13.2 Å². The first-order valence-electron chi connectivity index (χ1n) is 7.03. The fourth-order valence-electron chi connectivity index (χ4n) is 1.67. The normalized spacial score (nSPS) is 11.8. The van der Waals surface area contributed by atoms with E-state index >= 15 is 0 Å². The Morgan fingerprint density at radius 3 is 2.62 bits per heavy atom. The number of sulfonamides is 1. The summed E-state index contributed by atoms with van der Waals surface area (Å²) in [7, 11) is -0.452. The lowest BCUT2D eigenvalue weighted by Gasteiger charge is -2.14. The van der Waals surface area contributed by atoms with E-state index in [2.05, 4.69) is 12.2 Å². The Labute approximate surface area is 127 Å². The van der Waals surface area contributed by atoms with Gasteiger partial charge in [0.25, 0.3) is 0 Å². The second kappa shape index (κ2) is 8.21. The molecule has 0 spiro atoms. The number of anilines is 2. The van der Waals surface area contributed by atoms with Gasteiger partial charge in [-0.25, -0.2) is 12.7 Å². The number of rotatable bonds is 9. The molecule has 0 radical (unpaired) electrons. The Hall–Kier alpha value is -1.31. The number of ether oxygens (including phenoxy) is 1. The summed E-state index contributed by atoms with van der Waals surface area (Å²) in [4.78, 5) is 0.219. The molecule has 0 amide bonds. The quantitative estimate of drug-likeness (QED) is 0.536. The van der Waals surface area contributed by atoms with Gasteiger partial charge in [-0.3, -0.25) is 0 Å². The van der Waals surface area contributed by atoms with Gasteiger partial charge in [0.2, 0.25) is 10.0 Å². The fraction of sp³-hybridized carbons (Fsp3) is 0.571. The van der Waals surface area contributed by atoms with Gasteiger partial charge in [0.15, 0.2) is 0 Å². The van der Waals surface area contributed by atoms with E-state index in [9.17, 15) is 8.42 Å². The van der Waals surface area contributed by atoms with E-state index < -0.39 is 10.0 Å². The van der Waals surface area contributed by atoms with Crippen molar-refractivity contribution in [3.8, 4) is 0 Å². The average Bonchev–Trinajstić information content (AvgIpc) is 2.44. The molecular weight excluding hydrogens is 290 g/mol. The molecule has 21 heavy (non-hydrogen) atoms. The molecule has 120 valence electrons. The van der Waals surface area contributed by atoms with Gasteiger partial charge in [-0.15, -0.1) is 0 Å². The topological polar surface area (TPSA) is 84.7 Å². The molecule has 1 aromatic rings. The van der Waals surface area contributed by atoms with Gasteiger partial charge in [0.1, 0.15) is 0 Å². The van der Waals surface area contributed by atoms with Gasteiger partial charge in [0.05, 0.1) is 22.9 Å². The first-order valence-corrected chi connectivity index (χ1v) is 8.47. The van der Waals surface area contributed by atoms with Crippen LogP contribution in [0.25, 0.3) is 0 Å². The summed E-state index contributed by atoms with van der Waals surface area (Å²) < 4.78 is 30.8. The predicted octanol–water partition coefficient (Wildman–Crippen LogP) is 1.75. The van der Waals surface area contributed by atoms with Crippen LogP contribution >= 0.6 is 0 Å². The molecule has 0 heterocycles. The predicted molar refractivity (Wildman–Crippen MR) is 85.9 cm³/mol. The molecule has 6 nitrogen and oxygen atoms in total. The van der Waals surface area contributed by atoms with Crippen LogP contribution in [0, 0.1) is 0 Å². The first-order chi connectivity index (χ1) is 9.89. The standard InChI is InChI=1S/C14H25N3O3S/c1-4-5-9-20-10-8-16-14-11-12(6-7-13(14)15)21(18,19)17(2)3/h6-7,11,16H,4-5,8-10,15H2,1-3H3. The Bertz CT molecular complexity index is 544. The van der Waals surface area contributed by atoms with E-state index in [-0.39, 0.29) is 4.90 Å². The molecule has 7 heteroatoms. The zero-order valence-corrected chi connectivity index (χ0v) is 13.7. The van der Waals surface area contributed by atoms with Crippen molar-refractivity contribution in [2.24, 2.45) is 0 Å². The van der Waals surface area contributed by atoms with Crippen molar-refractivity contribution in [2.45, 2.75) is 24.7 Å². The number of nitrogens with two attached hydrogens (primary N) is 1. The Morgan fingerprint density at radius 1 is 1.29 bits per heavy atom. The van der Waals surface area contributed by atoms with Crippen LogP contribution in [0.3, 0.4) is 0 Å². The van der Waals surface area contributed by atoms with E-state index in [1.807, 2.05) is 0 Å². The lowest BCUT2D eigenvalue weighted by atomic mass is 10.2. The average molecular weight is 315 g/mol. The maximum atomic E-state index is 12.1. The zero-order valence-electron chi connectivity index (χ0n) is 12.9. The van der Waals surface area contributed by atoms with Gasteiger partial charge in [-0.2, -0.15) is 0 Å². The summed E-state index contributed by atoms with van der Waals surface area (Å²) in [5, 5.41) is 3.11. The van der Waals surface area contributed by atoms with Crippen LogP contribution in [-0.4, -0.2) is 46.6 Å². The lowest BCUT2D eigenvalue weighted by Crippen LogP contribution is -2.22. The number of benzene rings is 1. The van der Waals surface area contributed by atoms with Crippen molar-refractivity contribution in [3.05, 3.63) is 18.2 Å². The van der Waals surface area contributed by atoms with Crippen molar-refractivity contribution in [3.63, 3.8) is 0 Å². The molecule has 0 aliphatic heterocycles. The molecule has 0 saturated carbocycles. The lowest BCUT2D eigenvalue weighted by molar-refractivity contribution is 0.141. The largest absolute Gasteiger partial charge is 0.397 e. The van der Waals surface area contributed by atoms with E-state index in [4.69, 9.17) is 10.5 Å². The van der Waals surface area contributed by atoms with Gasteiger partial charge in [-0.1, -0.05) is 13.3 Å². The fourth-order valence-corrected chi connectivity index (χ4v) is 2.59. The van der Waals surface area contributed by atoms with Crippen LogP contribution in [0.2, 0.25) is 0 Å². The maximum absolute atomic E-state index is 12.1. The molecule has 0 aromatic heterocycles. The summed E-state index contributed by atoms with van der Waals surface area (Å²) in [5.74, 6) is 0. The zero-order chi connectivity index (χ0) is 15.9. The van der Waals surface area contributed by atoms with Crippen molar-refractivity contribution >= 4 is 21.4 Å². The third kappa shape index (κ3) is 5.18. The summed E-state index contributed by atoms with van der Waals surface area (Å²) >= 11 is 0. The van der Waals surface area contributed by atoms with Crippen LogP contribution < -0.4 is 11.1 Å². The van der Waals surface area contributed by atoms with E-state index in [1.54, 1.807) is 12.1 Å². The summed E-state index contributed by atoms with van der Waals surface area (Å²) in [5.41, 5.74) is 6.98. The van der Waals surface area contributed by atoms with E-state index in [0.717, 1.165) is 19.4 Å². The first kappa shape index (κ1) is 17.7. The Morgan fingerprint density at radius 2 is 2.00 bits per heavy atom. The van der Waals surface area contributed by atoms with Gasteiger partial charge < -0.3 is 15.8 Å². The van der Waals surface area contributed by atoms with Crippen LogP contribution in [0.15, 0.2) is 23.1 Å². The molecule has 0 aliphatic carbocycles. The smallest absolute Gasteiger partial charge is 0.242 e. The van der Waals surface area contributed by atoms with Crippen molar-refractivity contribution in [1.29, 1.82) is 0 Å². The molecule has 0 saturated heterocycles. The Balaban J connectivity index is 2.67. The maximum Gasteiger partial charge on any atom is 0.242 e. The minimum Gasteiger partial charge on any atom is -0.397 e. The second-order valence-electron chi connectivity index (χ2n) is 4.93. The van der Waals surface area contributed by atoms with Crippen LogP contribution in [-0.2, 0) is 14.8 Å². The molecule has 0 atom stereocenters. The number of hydrogen-bond donors (Lipinski definition) is 2. The summed E-state index contributed by atoms with van der Waals surface area (Å²) in [6, 6.07) is 4.65. The molecule has 0 unspecified atom stereocenters. The van der Waals surface area contributed by atoms with E-state index in [1.165, 1.54) is 24.5 Å². The highest BCUT2D eigenvalue weighted by atomic mass is 32.2. The second-order valence-corrected chi connectivity index (χ2v) is 7.08. The molecule has 0 aliphatic rings. The monoisotopic (exact) mass is 315 g/mol. The highest BCUT2D eigenvalue weighted by Gasteiger charge is 2.18. The number of nitrogen functional groups attached to an aromatic ring is 1. The van der Waals surface area contributed by atoms with Crippen LogP contribution in [0.1, 0.15) is 19.8 Å². The number of nitrogens with zero attached hydrogens (tertiary/aromatic N) is 1. The highest BCUT2D eigenvalue weighted by molar-refractivity contribution is 7.89. The van der Waals surface area contributed by atoms with Crippen molar-refractivity contribution in [2.75, 3.05) is 44.9 Å². The molecule has 0 fully saturated rings. The molecule has 1 rings (SSSR count). The number of hydrogen-bond acceptors (Lipinski definition) is 5. The SMILES string of the molecule is CCCCOCCNc1cc(S(=O)(=O)N(C)C)ccc1N. The van der Waals surface area contributed by atoms with Crippen molar-refractivity contribution in [1.82, 2.24) is 4.31 Å². The minimum atomic E-state index is -3.45. The highest BCUT2D eigenvalue weighted by Crippen LogP contribution is 2.24. The van der Waals surface area contributed by atoms with E-state index in [0.29, 0.717) is 24.5 Å². The molecular formula is C14H25N3O3S. The summed E-state index contributed by atoms with van der Waals surface area (Å²) in [6.07, 6.45) is 2.14.